The molecule has 1 atom stereocenters. The van der Waals surface area contributed by atoms with Gasteiger partial charge in [0.05, 0.1) is 0 Å². The number of nitrogens with two attached hydrogens (primary N) is 1. The maximum Gasteiger partial charge on any atom is 0.110 e. The van der Waals surface area contributed by atoms with E-state index in [1.807, 2.05) is 36.7 Å². The van der Waals surface area contributed by atoms with Crippen molar-refractivity contribution < 1.29 is 0 Å². The van der Waals surface area contributed by atoms with Crippen molar-refractivity contribution >= 4 is 0 Å². The van der Waals surface area contributed by atoms with E-state index in [-0.39, 0.29) is 6.04 Å². The van der Waals surface area contributed by atoms with Gasteiger partial charge in [0.2, 0.25) is 0 Å². The van der Waals surface area contributed by atoms with Gasteiger partial charge in [-0.1, -0.05) is 12.1 Å². The number of aryl methyl sites for hydroxylation is 1. The molecule has 0 bridgehead atoms. The number of imidazole rings is 1. The highest BCUT2D eigenvalue weighted by Gasteiger charge is 2.03. The molecule has 1 heterocycles. The summed E-state index contributed by atoms with van der Waals surface area (Å²) in [5, 5.41) is 0. The third-order valence-electron chi connectivity index (χ3n) is 2.50. The first-order chi connectivity index (χ1) is 7.18. The van der Waals surface area contributed by atoms with E-state index in [2.05, 4.69) is 17.1 Å². The van der Waals surface area contributed by atoms with Gasteiger partial charge in [0.1, 0.15) is 5.82 Å². The molecule has 0 amide bonds. The summed E-state index contributed by atoms with van der Waals surface area (Å²) in [6, 6.07) is 8.28. The van der Waals surface area contributed by atoms with Gasteiger partial charge in [-0.25, -0.2) is 4.98 Å². The zero-order valence-electron chi connectivity index (χ0n) is 9.01. The van der Waals surface area contributed by atoms with Crippen molar-refractivity contribution in [3.05, 3.63) is 48.0 Å². The van der Waals surface area contributed by atoms with Gasteiger partial charge in [0.25, 0.3) is 0 Å². The second-order valence-corrected chi connectivity index (χ2v) is 3.73. The Hall–Kier alpha value is -1.61. The summed E-state index contributed by atoms with van der Waals surface area (Å²) >= 11 is 0. The Balaban J connectivity index is 2.46. The maximum absolute atomic E-state index is 5.85. The number of benzene rings is 1. The molecule has 78 valence electrons. The monoisotopic (exact) mass is 201 g/mol. The summed E-state index contributed by atoms with van der Waals surface area (Å²) in [5.41, 5.74) is 8.10. The SMILES string of the molecule is Cc1nccn1-c1cccc(C(C)N)c1. The van der Waals surface area contributed by atoms with Gasteiger partial charge >= 0.3 is 0 Å². The highest BCUT2D eigenvalue weighted by molar-refractivity contribution is 5.37. The van der Waals surface area contributed by atoms with Gasteiger partial charge in [-0.3, -0.25) is 0 Å². The Labute approximate surface area is 89.6 Å². The van der Waals surface area contributed by atoms with Crippen molar-refractivity contribution in [2.45, 2.75) is 19.9 Å². The van der Waals surface area contributed by atoms with E-state index in [1.54, 1.807) is 6.20 Å². The zero-order valence-corrected chi connectivity index (χ0v) is 9.01. The van der Waals surface area contributed by atoms with Crippen molar-refractivity contribution in [2.75, 3.05) is 0 Å². The average molecular weight is 201 g/mol. The van der Waals surface area contributed by atoms with Crippen molar-refractivity contribution in [3.8, 4) is 5.69 Å². The Morgan fingerprint density at radius 3 is 2.80 bits per heavy atom. The van der Waals surface area contributed by atoms with E-state index in [0.29, 0.717) is 0 Å². The van der Waals surface area contributed by atoms with Gasteiger partial charge in [0.15, 0.2) is 0 Å². The normalized spacial score (nSPS) is 12.7. The standard InChI is InChI=1S/C12H15N3/c1-9(13)11-4-3-5-12(8-11)15-7-6-14-10(15)2/h3-9H,13H2,1-2H3. The van der Waals surface area contributed by atoms with Crippen LogP contribution in [-0.2, 0) is 0 Å². The number of nitrogens with zero attached hydrogens (tertiary/aromatic N) is 2. The molecule has 1 aromatic carbocycles. The molecule has 2 N–H and O–H groups in total. The third kappa shape index (κ3) is 1.92. The Morgan fingerprint density at radius 1 is 1.40 bits per heavy atom. The molecule has 0 aliphatic rings. The molecule has 1 unspecified atom stereocenters. The first-order valence-electron chi connectivity index (χ1n) is 5.04. The topological polar surface area (TPSA) is 43.8 Å². The molecule has 0 spiro atoms. The van der Waals surface area contributed by atoms with Crippen LogP contribution in [0.25, 0.3) is 5.69 Å². The Morgan fingerprint density at radius 2 is 2.20 bits per heavy atom. The molecule has 2 aromatic rings. The van der Waals surface area contributed by atoms with E-state index in [1.165, 1.54) is 0 Å². The minimum Gasteiger partial charge on any atom is -0.324 e. The van der Waals surface area contributed by atoms with Crippen LogP contribution in [0.4, 0.5) is 0 Å². The summed E-state index contributed by atoms with van der Waals surface area (Å²) in [6.07, 6.45) is 3.75. The lowest BCUT2D eigenvalue weighted by Crippen LogP contribution is -2.06. The van der Waals surface area contributed by atoms with Crippen molar-refractivity contribution in [1.82, 2.24) is 9.55 Å². The summed E-state index contributed by atoms with van der Waals surface area (Å²) in [4.78, 5) is 4.20. The second kappa shape index (κ2) is 3.87. The molecule has 3 heteroatoms. The summed E-state index contributed by atoms with van der Waals surface area (Å²) in [5.74, 6) is 0.983. The molecule has 0 aliphatic heterocycles. The van der Waals surface area contributed by atoms with Crippen LogP contribution in [0.2, 0.25) is 0 Å². The predicted octanol–water partition coefficient (Wildman–Crippen LogP) is 2.20. The van der Waals surface area contributed by atoms with Crippen molar-refractivity contribution in [2.24, 2.45) is 5.73 Å². The van der Waals surface area contributed by atoms with E-state index in [9.17, 15) is 0 Å². The quantitative estimate of drug-likeness (QED) is 0.809. The van der Waals surface area contributed by atoms with E-state index in [0.717, 1.165) is 17.1 Å². The van der Waals surface area contributed by atoms with Gasteiger partial charge in [0, 0.05) is 24.1 Å². The number of rotatable bonds is 2. The largest absolute Gasteiger partial charge is 0.324 e. The van der Waals surface area contributed by atoms with Crippen LogP contribution in [0.5, 0.6) is 0 Å². The molecule has 1 aromatic heterocycles. The molecule has 0 saturated carbocycles. The average Bonchev–Trinajstić information content (AvgIpc) is 2.64. The van der Waals surface area contributed by atoms with Gasteiger partial charge in [-0.05, 0) is 31.5 Å². The van der Waals surface area contributed by atoms with Crippen LogP contribution >= 0.6 is 0 Å². The number of hydrogen-bond donors (Lipinski definition) is 1. The van der Waals surface area contributed by atoms with Gasteiger partial charge in [-0.15, -0.1) is 0 Å². The fourth-order valence-electron chi connectivity index (χ4n) is 1.61. The van der Waals surface area contributed by atoms with Crippen molar-refractivity contribution in [3.63, 3.8) is 0 Å². The third-order valence-corrected chi connectivity index (χ3v) is 2.50. The fraction of sp³-hybridized carbons (Fsp3) is 0.250. The van der Waals surface area contributed by atoms with Crippen molar-refractivity contribution in [1.29, 1.82) is 0 Å². The molecular weight excluding hydrogens is 186 g/mol. The summed E-state index contributed by atoms with van der Waals surface area (Å²) in [6.45, 7) is 3.97. The zero-order chi connectivity index (χ0) is 10.8. The Kier molecular flexibility index (Phi) is 2.56. The van der Waals surface area contributed by atoms with E-state index >= 15 is 0 Å². The van der Waals surface area contributed by atoms with Crippen LogP contribution in [0, 0.1) is 6.92 Å². The first-order valence-corrected chi connectivity index (χ1v) is 5.04. The molecular formula is C12H15N3. The van der Waals surface area contributed by atoms with Gasteiger partial charge in [-0.2, -0.15) is 0 Å². The maximum atomic E-state index is 5.85. The molecule has 0 saturated heterocycles. The second-order valence-electron chi connectivity index (χ2n) is 3.73. The molecule has 0 fully saturated rings. The fourth-order valence-corrected chi connectivity index (χ4v) is 1.61. The lowest BCUT2D eigenvalue weighted by Gasteiger charge is -2.09. The minimum absolute atomic E-state index is 0.0637. The number of hydrogen-bond acceptors (Lipinski definition) is 2. The van der Waals surface area contributed by atoms with E-state index < -0.39 is 0 Å². The molecule has 0 aliphatic carbocycles. The van der Waals surface area contributed by atoms with Crippen LogP contribution in [0.15, 0.2) is 36.7 Å². The van der Waals surface area contributed by atoms with E-state index in [4.69, 9.17) is 5.73 Å². The Bertz CT molecular complexity index is 457. The summed E-state index contributed by atoms with van der Waals surface area (Å²) < 4.78 is 2.05. The minimum atomic E-state index is 0.0637. The first kappa shape index (κ1) is 9.93. The van der Waals surface area contributed by atoms with Crippen LogP contribution in [0.3, 0.4) is 0 Å². The lowest BCUT2D eigenvalue weighted by atomic mass is 10.1. The molecule has 3 nitrogen and oxygen atoms in total. The van der Waals surface area contributed by atoms with Crippen LogP contribution < -0.4 is 5.73 Å². The predicted molar refractivity (Wildman–Crippen MR) is 60.9 cm³/mol. The van der Waals surface area contributed by atoms with Crippen LogP contribution in [0.1, 0.15) is 24.4 Å². The number of aromatic nitrogens is 2. The highest BCUT2D eigenvalue weighted by atomic mass is 15.1. The highest BCUT2D eigenvalue weighted by Crippen LogP contribution is 2.16. The molecule has 2 rings (SSSR count). The smallest absolute Gasteiger partial charge is 0.110 e. The van der Waals surface area contributed by atoms with Crippen LogP contribution in [-0.4, -0.2) is 9.55 Å². The molecule has 15 heavy (non-hydrogen) atoms. The summed E-state index contributed by atoms with van der Waals surface area (Å²) in [7, 11) is 0. The lowest BCUT2D eigenvalue weighted by molar-refractivity contribution is 0.814. The van der Waals surface area contributed by atoms with Gasteiger partial charge < -0.3 is 10.3 Å². The molecule has 0 radical (unpaired) electrons.